The molecule has 0 heterocycles. The van der Waals surface area contributed by atoms with Crippen LogP contribution in [0.15, 0.2) is 72.3 Å². The molecule has 0 aliphatic rings. The lowest BCUT2D eigenvalue weighted by molar-refractivity contribution is 0.331. The third kappa shape index (κ3) is 5.45. The zero-order valence-corrected chi connectivity index (χ0v) is 18.5. The summed E-state index contributed by atoms with van der Waals surface area (Å²) in [4.78, 5) is 0. The van der Waals surface area contributed by atoms with E-state index in [-0.39, 0.29) is 11.6 Å². The molecule has 0 bridgehead atoms. The highest BCUT2D eigenvalue weighted by atomic mass is 28.4. The molecule has 0 radical (unpaired) electrons. The van der Waals surface area contributed by atoms with Crippen LogP contribution in [0.25, 0.3) is 0 Å². The molecule has 2 nitrogen and oxygen atoms in total. The van der Waals surface area contributed by atoms with Crippen LogP contribution in [-0.2, 0) is 4.43 Å². The van der Waals surface area contributed by atoms with Crippen molar-refractivity contribution in [2.45, 2.75) is 45.6 Å². The van der Waals surface area contributed by atoms with E-state index >= 15 is 0 Å². The monoisotopic (exact) mass is 392 g/mol. The predicted octanol–water partition coefficient (Wildman–Crippen LogP) is 4.29. The maximum Gasteiger partial charge on any atom is 0.262 e. The normalized spacial score (nSPS) is 12.4. The van der Waals surface area contributed by atoms with Crippen molar-refractivity contribution in [1.82, 2.24) is 0 Å². The molecule has 28 heavy (non-hydrogen) atoms. The topological polar surface area (TPSA) is 29.5 Å². The number of hydrogen-bond acceptors (Lipinski definition) is 2. The molecule has 0 atom stereocenters. The smallest absolute Gasteiger partial charge is 0.262 e. The molecule has 0 aliphatic heterocycles. The molecular formula is C25H32O2Si. The maximum absolute atomic E-state index is 9.04. The van der Waals surface area contributed by atoms with Crippen LogP contribution in [0, 0.1) is 11.8 Å². The van der Waals surface area contributed by atoms with E-state index in [1.165, 1.54) is 10.4 Å². The van der Waals surface area contributed by atoms with Gasteiger partial charge >= 0.3 is 0 Å². The van der Waals surface area contributed by atoms with Crippen molar-refractivity contribution in [2.75, 3.05) is 13.2 Å². The molecule has 148 valence electrons. The average Bonchev–Trinajstić information content (AvgIpc) is 2.70. The highest BCUT2D eigenvalue weighted by Gasteiger charge is 2.49. The molecule has 0 aromatic heterocycles. The fourth-order valence-electron chi connectivity index (χ4n) is 3.50. The summed E-state index contributed by atoms with van der Waals surface area (Å²) in [6.45, 7) is 9.29. The van der Waals surface area contributed by atoms with Crippen molar-refractivity contribution in [1.29, 1.82) is 0 Å². The minimum atomic E-state index is -2.49. The zero-order chi connectivity index (χ0) is 20.5. The van der Waals surface area contributed by atoms with Crippen LogP contribution in [0.5, 0.6) is 0 Å². The Morgan fingerprint density at radius 3 is 1.96 bits per heavy atom. The quantitative estimate of drug-likeness (QED) is 0.330. The fourth-order valence-corrected chi connectivity index (χ4v) is 7.94. The van der Waals surface area contributed by atoms with Crippen LogP contribution in [-0.4, -0.2) is 26.6 Å². The lowest BCUT2D eigenvalue weighted by atomic mass is 10.2. The minimum Gasteiger partial charge on any atom is -0.396 e. The van der Waals surface area contributed by atoms with Crippen LogP contribution in [0.1, 0.15) is 40.5 Å². The van der Waals surface area contributed by atoms with Gasteiger partial charge in [0.05, 0.1) is 13.2 Å². The third-order valence-corrected chi connectivity index (χ3v) is 9.90. The van der Waals surface area contributed by atoms with Crippen LogP contribution >= 0.6 is 0 Å². The highest BCUT2D eigenvalue weighted by Crippen LogP contribution is 2.36. The number of unbranched alkanes of at least 4 members (excludes halogenated alkanes) is 1. The number of aliphatic hydroxyl groups is 1. The summed E-state index contributed by atoms with van der Waals surface area (Å²) in [5.74, 6) is 6.43. The first-order valence-electron chi connectivity index (χ1n) is 9.89. The van der Waals surface area contributed by atoms with Gasteiger partial charge in [-0.1, -0.05) is 99.0 Å². The Morgan fingerprint density at radius 2 is 1.50 bits per heavy atom. The molecule has 0 amide bonds. The number of allylic oxidation sites excluding steroid dienone is 1. The maximum atomic E-state index is 9.04. The Morgan fingerprint density at radius 1 is 0.964 bits per heavy atom. The molecule has 0 fully saturated rings. The molecule has 0 spiro atoms. The van der Waals surface area contributed by atoms with Crippen molar-refractivity contribution in [2.24, 2.45) is 0 Å². The second kappa shape index (κ2) is 10.4. The Kier molecular flexibility index (Phi) is 8.26. The molecule has 0 saturated carbocycles. The molecule has 3 heteroatoms. The Hall–Kier alpha value is -2.12. The Balaban J connectivity index is 2.28. The number of aliphatic hydroxyl groups excluding tert-OH is 1. The molecule has 2 aromatic rings. The van der Waals surface area contributed by atoms with Gasteiger partial charge in [0.15, 0.2) is 0 Å². The summed E-state index contributed by atoms with van der Waals surface area (Å²) in [5, 5.41) is 11.6. The summed E-state index contributed by atoms with van der Waals surface area (Å²) in [6, 6.07) is 21.3. The zero-order valence-electron chi connectivity index (χ0n) is 17.5. The number of rotatable bonds is 7. The first-order chi connectivity index (χ1) is 13.4. The average molecular weight is 393 g/mol. The van der Waals surface area contributed by atoms with Gasteiger partial charge < -0.3 is 9.53 Å². The van der Waals surface area contributed by atoms with E-state index in [4.69, 9.17) is 9.53 Å². The SMILES string of the molecule is C/C(=C\CCC#CCO[Si](c1ccccc1)(c1ccccc1)C(C)(C)C)CO. The third-order valence-electron chi connectivity index (χ3n) is 4.91. The molecule has 0 aliphatic carbocycles. The predicted molar refractivity (Wildman–Crippen MR) is 121 cm³/mol. The van der Waals surface area contributed by atoms with Gasteiger partial charge in [-0.3, -0.25) is 0 Å². The van der Waals surface area contributed by atoms with E-state index in [0.717, 1.165) is 18.4 Å². The van der Waals surface area contributed by atoms with E-state index in [9.17, 15) is 0 Å². The second-order valence-electron chi connectivity index (χ2n) is 8.05. The van der Waals surface area contributed by atoms with E-state index < -0.39 is 8.32 Å². The lowest BCUT2D eigenvalue weighted by Crippen LogP contribution is -2.66. The van der Waals surface area contributed by atoms with Gasteiger partial charge in [-0.05, 0) is 28.8 Å². The van der Waals surface area contributed by atoms with Crippen molar-refractivity contribution in [3.05, 3.63) is 72.3 Å². The summed E-state index contributed by atoms with van der Waals surface area (Å²) in [6.07, 6.45) is 3.68. The van der Waals surface area contributed by atoms with E-state index in [1.807, 2.05) is 13.0 Å². The van der Waals surface area contributed by atoms with Gasteiger partial charge in [-0.25, -0.2) is 0 Å². The minimum absolute atomic E-state index is 0.0294. The summed E-state index contributed by atoms with van der Waals surface area (Å²) in [7, 11) is -2.49. The van der Waals surface area contributed by atoms with Gasteiger partial charge in [0.2, 0.25) is 0 Å². The first-order valence-corrected chi connectivity index (χ1v) is 11.8. The first kappa shape index (κ1) is 22.2. The Bertz CT molecular complexity index is 769. The molecule has 0 saturated heterocycles. The summed E-state index contributed by atoms with van der Waals surface area (Å²) < 4.78 is 6.73. The number of benzene rings is 2. The van der Waals surface area contributed by atoms with Crippen LogP contribution in [0.2, 0.25) is 5.04 Å². The molecular weight excluding hydrogens is 360 g/mol. The van der Waals surface area contributed by atoms with E-state index in [0.29, 0.717) is 6.61 Å². The van der Waals surface area contributed by atoms with Gasteiger partial charge in [0.25, 0.3) is 8.32 Å². The molecule has 2 aromatic carbocycles. The van der Waals surface area contributed by atoms with Gasteiger partial charge in [-0.2, -0.15) is 0 Å². The standard InChI is InChI=1S/C25H32O2Si/c1-22(21-26)15-9-5-6-14-20-27-28(25(2,3)4,23-16-10-7-11-17-23)24-18-12-8-13-19-24/h7-8,10-13,15-19,26H,5,9,20-21H2,1-4H3/b22-15+. The van der Waals surface area contributed by atoms with E-state index in [1.54, 1.807) is 0 Å². The molecule has 2 rings (SSSR count). The molecule has 1 N–H and O–H groups in total. The fraction of sp³-hybridized carbons (Fsp3) is 0.360. The van der Waals surface area contributed by atoms with Crippen LogP contribution in [0.3, 0.4) is 0 Å². The lowest BCUT2D eigenvalue weighted by Gasteiger charge is -2.42. The second-order valence-corrected chi connectivity index (χ2v) is 12.4. The Labute approximate surface area is 171 Å². The van der Waals surface area contributed by atoms with Gasteiger partial charge in [0, 0.05) is 6.42 Å². The van der Waals surface area contributed by atoms with Crippen molar-refractivity contribution in [3.8, 4) is 11.8 Å². The largest absolute Gasteiger partial charge is 0.396 e. The van der Waals surface area contributed by atoms with E-state index in [2.05, 4.69) is 93.3 Å². The molecule has 0 unspecified atom stereocenters. The van der Waals surface area contributed by atoms with Crippen molar-refractivity contribution >= 4 is 18.7 Å². The van der Waals surface area contributed by atoms with Gasteiger partial charge in [-0.15, -0.1) is 5.92 Å². The summed E-state index contributed by atoms with van der Waals surface area (Å²) in [5.41, 5.74) is 0.991. The van der Waals surface area contributed by atoms with Crippen LogP contribution in [0.4, 0.5) is 0 Å². The van der Waals surface area contributed by atoms with Crippen molar-refractivity contribution in [3.63, 3.8) is 0 Å². The van der Waals surface area contributed by atoms with Crippen molar-refractivity contribution < 1.29 is 9.53 Å². The van der Waals surface area contributed by atoms with Gasteiger partial charge in [0.1, 0.15) is 0 Å². The summed E-state index contributed by atoms with van der Waals surface area (Å²) >= 11 is 0. The van der Waals surface area contributed by atoms with Crippen LogP contribution < -0.4 is 10.4 Å². The highest BCUT2D eigenvalue weighted by molar-refractivity contribution is 6.99. The number of hydrogen-bond donors (Lipinski definition) is 1.